The Morgan fingerprint density at radius 3 is 2.24 bits per heavy atom. The summed E-state index contributed by atoms with van der Waals surface area (Å²) >= 11 is 0. The molecule has 0 saturated carbocycles. The van der Waals surface area contributed by atoms with Crippen LogP contribution in [0.1, 0.15) is 15.9 Å². The zero-order valence-corrected chi connectivity index (χ0v) is 15.9. The van der Waals surface area contributed by atoms with Crippen LogP contribution in [0.2, 0.25) is 0 Å². The fourth-order valence-corrected chi connectivity index (χ4v) is 2.58. The Hall–Kier alpha value is -4.06. The van der Waals surface area contributed by atoms with Crippen LogP contribution in [0.4, 0.5) is 17.1 Å². The first-order valence-electron chi connectivity index (χ1n) is 8.94. The molecule has 0 unspecified atom stereocenters. The molecule has 2 amide bonds. The molecule has 6 heteroatoms. The third kappa shape index (κ3) is 5.46. The fraction of sp³-hybridized carbons (Fsp3) is 0.0435. The number of para-hydroxylation sites is 2. The maximum Gasteiger partial charge on any atom is 0.255 e. The highest BCUT2D eigenvalue weighted by Crippen LogP contribution is 2.17. The SMILES string of the molecule is COc1ccc(C(=O)Nc2ccc(/C=C/C(=O)Nc3ccccc3N)cc2)cc1. The maximum absolute atomic E-state index is 12.3. The second-order valence-electron chi connectivity index (χ2n) is 6.21. The van der Waals surface area contributed by atoms with Gasteiger partial charge >= 0.3 is 0 Å². The third-order valence-corrected chi connectivity index (χ3v) is 4.17. The molecule has 0 fully saturated rings. The summed E-state index contributed by atoms with van der Waals surface area (Å²) < 4.78 is 5.09. The molecule has 29 heavy (non-hydrogen) atoms. The van der Waals surface area contributed by atoms with Gasteiger partial charge in [-0.05, 0) is 60.2 Å². The smallest absolute Gasteiger partial charge is 0.255 e. The van der Waals surface area contributed by atoms with Crippen molar-refractivity contribution in [3.8, 4) is 5.75 Å². The minimum Gasteiger partial charge on any atom is -0.497 e. The number of ether oxygens (including phenoxy) is 1. The van der Waals surface area contributed by atoms with E-state index in [0.29, 0.717) is 28.4 Å². The number of amides is 2. The molecule has 0 atom stereocenters. The Balaban J connectivity index is 1.57. The van der Waals surface area contributed by atoms with Gasteiger partial charge in [-0.15, -0.1) is 0 Å². The number of hydrogen-bond donors (Lipinski definition) is 3. The van der Waals surface area contributed by atoms with Crippen LogP contribution in [0, 0.1) is 0 Å². The molecule has 0 bridgehead atoms. The standard InChI is InChI=1S/C23H21N3O3/c1-29-19-13-9-17(10-14-19)23(28)25-18-11-6-16(7-12-18)8-15-22(27)26-21-5-3-2-4-20(21)24/h2-15H,24H2,1H3,(H,25,28)(H,26,27)/b15-8+. The van der Waals surface area contributed by atoms with Crippen molar-refractivity contribution in [2.45, 2.75) is 0 Å². The summed E-state index contributed by atoms with van der Waals surface area (Å²) in [6, 6.07) is 21.1. The Kier molecular flexibility index (Phi) is 6.27. The third-order valence-electron chi connectivity index (χ3n) is 4.17. The molecule has 6 nitrogen and oxygen atoms in total. The van der Waals surface area contributed by atoms with Crippen LogP contribution in [-0.2, 0) is 4.79 Å². The van der Waals surface area contributed by atoms with Crippen molar-refractivity contribution < 1.29 is 14.3 Å². The van der Waals surface area contributed by atoms with Crippen LogP contribution in [0.3, 0.4) is 0 Å². The first-order valence-corrected chi connectivity index (χ1v) is 8.94. The quantitative estimate of drug-likeness (QED) is 0.437. The van der Waals surface area contributed by atoms with Gasteiger partial charge in [0.15, 0.2) is 0 Å². The Bertz CT molecular complexity index is 1030. The fourth-order valence-electron chi connectivity index (χ4n) is 2.58. The van der Waals surface area contributed by atoms with Crippen LogP contribution in [0.25, 0.3) is 6.08 Å². The zero-order valence-electron chi connectivity index (χ0n) is 15.9. The molecule has 0 heterocycles. The summed E-state index contributed by atoms with van der Waals surface area (Å²) in [5.74, 6) is 0.201. The summed E-state index contributed by atoms with van der Waals surface area (Å²) in [6.07, 6.45) is 3.11. The highest BCUT2D eigenvalue weighted by molar-refractivity contribution is 6.05. The van der Waals surface area contributed by atoms with Gasteiger partial charge in [-0.2, -0.15) is 0 Å². The first kappa shape index (κ1) is 19.7. The van der Waals surface area contributed by atoms with Crippen LogP contribution in [0.15, 0.2) is 78.9 Å². The van der Waals surface area contributed by atoms with Crippen molar-refractivity contribution >= 4 is 35.0 Å². The lowest BCUT2D eigenvalue weighted by atomic mass is 10.1. The second-order valence-corrected chi connectivity index (χ2v) is 6.21. The van der Waals surface area contributed by atoms with E-state index in [-0.39, 0.29) is 11.8 Å². The van der Waals surface area contributed by atoms with E-state index in [1.165, 1.54) is 6.08 Å². The number of anilines is 3. The van der Waals surface area contributed by atoms with E-state index >= 15 is 0 Å². The van der Waals surface area contributed by atoms with Gasteiger partial charge in [0.2, 0.25) is 5.91 Å². The lowest BCUT2D eigenvalue weighted by Gasteiger charge is -2.07. The number of methoxy groups -OCH3 is 1. The van der Waals surface area contributed by atoms with Crippen LogP contribution in [-0.4, -0.2) is 18.9 Å². The van der Waals surface area contributed by atoms with Gasteiger partial charge in [-0.1, -0.05) is 24.3 Å². The number of benzene rings is 3. The van der Waals surface area contributed by atoms with E-state index in [4.69, 9.17) is 10.5 Å². The van der Waals surface area contributed by atoms with E-state index in [2.05, 4.69) is 10.6 Å². The number of nitrogens with one attached hydrogen (secondary N) is 2. The van der Waals surface area contributed by atoms with Gasteiger partial charge in [0.25, 0.3) is 5.91 Å². The number of nitrogen functional groups attached to an aromatic ring is 1. The monoisotopic (exact) mass is 387 g/mol. The largest absolute Gasteiger partial charge is 0.497 e. The average molecular weight is 387 g/mol. The molecule has 0 saturated heterocycles. The van der Waals surface area contributed by atoms with Crippen LogP contribution >= 0.6 is 0 Å². The predicted molar refractivity (Wildman–Crippen MR) is 116 cm³/mol. The van der Waals surface area contributed by atoms with Crippen molar-refractivity contribution in [1.29, 1.82) is 0 Å². The van der Waals surface area contributed by atoms with Gasteiger partial charge in [0.05, 0.1) is 18.5 Å². The Labute approximate surface area is 169 Å². The van der Waals surface area contributed by atoms with Crippen LogP contribution < -0.4 is 21.1 Å². The maximum atomic E-state index is 12.3. The van der Waals surface area contributed by atoms with Crippen molar-refractivity contribution in [2.75, 3.05) is 23.5 Å². The van der Waals surface area contributed by atoms with Gasteiger partial charge in [-0.3, -0.25) is 9.59 Å². The first-order chi connectivity index (χ1) is 14.0. The molecule has 0 aliphatic carbocycles. The van der Waals surface area contributed by atoms with Gasteiger partial charge in [-0.25, -0.2) is 0 Å². The molecule has 146 valence electrons. The number of nitrogens with two attached hydrogens (primary N) is 1. The molecule has 3 aromatic rings. The molecule has 3 rings (SSSR count). The van der Waals surface area contributed by atoms with Crippen molar-refractivity contribution in [3.63, 3.8) is 0 Å². The van der Waals surface area contributed by atoms with Crippen LogP contribution in [0.5, 0.6) is 5.75 Å². The molecule has 0 radical (unpaired) electrons. The molecular weight excluding hydrogens is 366 g/mol. The highest BCUT2D eigenvalue weighted by Gasteiger charge is 2.06. The second kappa shape index (κ2) is 9.23. The predicted octanol–water partition coefficient (Wildman–Crippen LogP) is 4.18. The number of carbonyl (C=O) groups excluding carboxylic acids is 2. The normalized spacial score (nSPS) is 10.5. The van der Waals surface area contributed by atoms with E-state index in [1.54, 1.807) is 73.8 Å². The Morgan fingerprint density at radius 2 is 1.59 bits per heavy atom. The average Bonchev–Trinajstić information content (AvgIpc) is 2.75. The number of hydrogen-bond acceptors (Lipinski definition) is 4. The van der Waals surface area contributed by atoms with Gasteiger partial charge in [0, 0.05) is 17.3 Å². The van der Waals surface area contributed by atoms with Crippen molar-refractivity contribution in [3.05, 3.63) is 90.0 Å². The number of rotatable bonds is 6. The van der Waals surface area contributed by atoms with E-state index in [1.807, 2.05) is 12.1 Å². The van der Waals surface area contributed by atoms with E-state index in [0.717, 1.165) is 5.56 Å². The molecular formula is C23H21N3O3. The zero-order chi connectivity index (χ0) is 20.6. The Morgan fingerprint density at radius 1 is 0.897 bits per heavy atom. The number of carbonyl (C=O) groups is 2. The van der Waals surface area contributed by atoms with E-state index < -0.39 is 0 Å². The van der Waals surface area contributed by atoms with E-state index in [9.17, 15) is 9.59 Å². The van der Waals surface area contributed by atoms with Crippen molar-refractivity contribution in [1.82, 2.24) is 0 Å². The molecule has 0 aromatic heterocycles. The summed E-state index contributed by atoms with van der Waals surface area (Å²) in [4.78, 5) is 24.3. The van der Waals surface area contributed by atoms with Gasteiger partial charge in [0.1, 0.15) is 5.75 Å². The van der Waals surface area contributed by atoms with Crippen molar-refractivity contribution in [2.24, 2.45) is 0 Å². The summed E-state index contributed by atoms with van der Waals surface area (Å²) in [7, 11) is 1.58. The minimum atomic E-state index is -0.278. The highest BCUT2D eigenvalue weighted by atomic mass is 16.5. The summed E-state index contributed by atoms with van der Waals surface area (Å²) in [5.41, 5.74) is 8.90. The lowest BCUT2D eigenvalue weighted by Crippen LogP contribution is -2.11. The molecule has 3 aromatic carbocycles. The molecule has 0 aliphatic rings. The molecule has 4 N–H and O–H groups in total. The summed E-state index contributed by atoms with van der Waals surface area (Å²) in [5, 5.41) is 5.56. The van der Waals surface area contributed by atoms with Gasteiger partial charge < -0.3 is 21.1 Å². The molecule has 0 aliphatic heterocycles. The molecule has 0 spiro atoms. The summed E-state index contributed by atoms with van der Waals surface area (Å²) in [6.45, 7) is 0. The topological polar surface area (TPSA) is 93.4 Å². The minimum absolute atomic E-state index is 0.212. The lowest BCUT2D eigenvalue weighted by molar-refractivity contribution is -0.111.